The van der Waals surface area contributed by atoms with Gasteiger partial charge in [-0.15, -0.1) is 0 Å². The van der Waals surface area contributed by atoms with Crippen molar-refractivity contribution in [1.29, 1.82) is 0 Å². The zero-order valence-corrected chi connectivity index (χ0v) is 11.8. The molecule has 0 saturated carbocycles. The summed E-state index contributed by atoms with van der Waals surface area (Å²) in [5.41, 5.74) is 0.0623. The van der Waals surface area contributed by atoms with Crippen molar-refractivity contribution >= 4 is 11.0 Å². The Kier molecular flexibility index (Phi) is 3.30. The molecular weight excluding hydrogens is 299 g/mol. The summed E-state index contributed by atoms with van der Waals surface area (Å²) in [6, 6.07) is 1.04. The highest BCUT2D eigenvalue weighted by Crippen LogP contribution is 2.36. The predicted molar refractivity (Wildman–Crippen MR) is 68.9 cm³/mol. The molecule has 7 nitrogen and oxygen atoms in total. The van der Waals surface area contributed by atoms with Crippen LogP contribution < -0.4 is 5.10 Å². The van der Waals surface area contributed by atoms with Crippen molar-refractivity contribution in [2.75, 3.05) is 0 Å². The van der Waals surface area contributed by atoms with Crippen molar-refractivity contribution in [3.8, 4) is 0 Å². The molecule has 0 unspecified atom stereocenters. The summed E-state index contributed by atoms with van der Waals surface area (Å²) < 4.78 is 41.0. The van der Waals surface area contributed by atoms with Crippen molar-refractivity contribution in [3.05, 3.63) is 28.8 Å². The highest BCUT2D eigenvalue weighted by molar-refractivity contribution is 5.83. The first kappa shape index (κ1) is 14.4. The highest BCUT2D eigenvalue weighted by Gasteiger charge is 2.35. The van der Waals surface area contributed by atoms with E-state index in [1.165, 1.54) is 18.5 Å². The Hall–Kier alpha value is -2.52. The van der Waals surface area contributed by atoms with Gasteiger partial charge in [-0.2, -0.15) is 23.5 Å². The van der Waals surface area contributed by atoms with Gasteiger partial charge in [0.2, 0.25) is 0 Å². The fourth-order valence-corrected chi connectivity index (χ4v) is 2.33. The molecule has 0 aliphatic heterocycles. The van der Waals surface area contributed by atoms with Gasteiger partial charge >= 0.3 is 6.18 Å². The monoisotopic (exact) mass is 310 g/mol. The van der Waals surface area contributed by atoms with Crippen LogP contribution in [-0.4, -0.2) is 30.3 Å². The maximum atomic E-state index is 13.2. The number of hydrogen-bond acceptors (Lipinski definition) is 5. The fraction of sp³-hybridized carbons (Fsp3) is 0.417. The van der Waals surface area contributed by atoms with Gasteiger partial charge in [0.15, 0.2) is 5.65 Å². The Bertz CT molecular complexity index is 804. The maximum Gasteiger partial charge on any atom is 0.417 e. The van der Waals surface area contributed by atoms with E-state index in [9.17, 15) is 13.2 Å². The van der Waals surface area contributed by atoms with E-state index < -0.39 is 11.7 Å². The van der Waals surface area contributed by atoms with Gasteiger partial charge in [0, 0.05) is 18.1 Å². The first-order valence-corrected chi connectivity index (χ1v) is 6.46. The molecule has 0 aliphatic carbocycles. The maximum absolute atomic E-state index is 13.2. The van der Waals surface area contributed by atoms with Crippen molar-refractivity contribution < 1.29 is 13.2 Å². The molecule has 0 atom stereocenters. The lowest BCUT2D eigenvalue weighted by atomic mass is 10.1. The molecule has 0 saturated heterocycles. The summed E-state index contributed by atoms with van der Waals surface area (Å²) in [5.74, 6) is 0.407. The summed E-state index contributed by atoms with van der Waals surface area (Å²) in [6.45, 7) is 3.36. The summed E-state index contributed by atoms with van der Waals surface area (Å²) >= 11 is 0. The Morgan fingerprint density at radius 1 is 1.27 bits per heavy atom. The first-order chi connectivity index (χ1) is 10.4. The number of halogens is 3. The standard InChI is InChI=1S/C12H11F3N7/c1-6-5-8(12(13,14)15)10-7(2)19-22(11(10)16-6)4-3-9-17-20-21-18-9/h5H,3-4H2,1-2H3/q-1. The number of aromatic nitrogens is 7. The molecule has 0 spiro atoms. The normalized spacial score (nSPS) is 12.2. The van der Waals surface area contributed by atoms with Gasteiger partial charge in [-0.1, -0.05) is 0 Å². The van der Waals surface area contributed by atoms with Gasteiger partial charge in [-0.25, -0.2) is 9.67 Å². The first-order valence-electron chi connectivity index (χ1n) is 6.46. The second-order valence-electron chi connectivity index (χ2n) is 4.86. The lowest BCUT2D eigenvalue weighted by molar-refractivity contribution is -0.136. The SMILES string of the molecule is Cc1cc(C(F)(F)F)c2c(C)nn(CCc3nnn[n-]3)c2n1. The van der Waals surface area contributed by atoms with E-state index in [0.717, 1.165) is 6.07 Å². The zero-order valence-electron chi connectivity index (χ0n) is 11.8. The quantitative estimate of drug-likeness (QED) is 0.728. The highest BCUT2D eigenvalue weighted by atomic mass is 19.4. The van der Waals surface area contributed by atoms with Crippen molar-refractivity contribution in [1.82, 2.24) is 35.4 Å². The Labute approximate surface area is 122 Å². The number of alkyl halides is 3. The minimum absolute atomic E-state index is 0.0257. The molecule has 3 aromatic heterocycles. The molecule has 0 amide bonds. The largest absolute Gasteiger partial charge is 0.417 e. The van der Waals surface area contributed by atoms with Crippen LogP contribution in [0.15, 0.2) is 6.07 Å². The van der Waals surface area contributed by atoms with Gasteiger partial charge in [-0.3, -0.25) is 10.3 Å². The van der Waals surface area contributed by atoms with Gasteiger partial charge in [-0.05, 0) is 26.3 Å². The molecular formula is C12H11F3N7-. The molecule has 3 rings (SSSR count). The number of aryl methyl sites for hydroxylation is 4. The summed E-state index contributed by atoms with van der Waals surface area (Å²) in [7, 11) is 0. The van der Waals surface area contributed by atoms with E-state index in [0.29, 0.717) is 18.8 Å². The van der Waals surface area contributed by atoms with Gasteiger partial charge < -0.3 is 5.10 Å². The molecule has 0 fully saturated rings. The Balaban J connectivity index is 2.07. The van der Waals surface area contributed by atoms with Crippen LogP contribution in [0.5, 0.6) is 0 Å². The van der Waals surface area contributed by atoms with E-state index in [-0.39, 0.29) is 22.4 Å². The van der Waals surface area contributed by atoms with Crippen LogP contribution in [0.25, 0.3) is 11.0 Å². The molecule has 116 valence electrons. The average molecular weight is 310 g/mol. The predicted octanol–water partition coefficient (Wildman–Crippen LogP) is 1.45. The number of hydrogen-bond donors (Lipinski definition) is 0. The average Bonchev–Trinajstić information content (AvgIpc) is 3.03. The summed E-state index contributed by atoms with van der Waals surface area (Å²) in [6.07, 6.45) is -4.09. The van der Waals surface area contributed by atoms with Crippen LogP contribution in [0.2, 0.25) is 0 Å². The van der Waals surface area contributed by atoms with Crippen LogP contribution in [0, 0.1) is 13.8 Å². The summed E-state index contributed by atoms with van der Waals surface area (Å²) in [4.78, 5) is 4.20. The van der Waals surface area contributed by atoms with Gasteiger partial charge in [0.05, 0.1) is 16.6 Å². The van der Waals surface area contributed by atoms with Crippen molar-refractivity contribution in [3.63, 3.8) is 0 Å². The van der Waals surface area contributed by atoms with Crippen LogP contribution in [0.1, 0.15) is 22.8 Å². The molecule has 22 heavy (non-hydrogen) atoms. The lowest BCUT2D eigenvalue weighted by Crippen LogP contribution is -2.09. The minimum Gasteiger partial charge on any atom is -0.335 e. The molecule has 3 heterocycles. The van der Waals surface area contributed by atoms with Crippen LogP contribution in [-0.2, 0) is 19.1 Å². The third kappa shape index (κ3) is 2.51. The molecule has 3 aromatic rings. The Morgan fingerprint density at radius 2 is 2.05 bits per heavy atom. The van der Waals surface area contributed by atoms with E-state index in [2.05, 4.69) is 30.7 Å². The second-order valence-corrected chi connectivity index (χ2v) is 4.86. The number of tetrazole rings is 1. The van der Waals surface area contributed by atoms with Crippen molar-refractivity contribution in [2.45, 2.75) is 33.0 Å². The zero-order chi connectivity index (χ0) is 15.9. The van der Waals surface area contributed by atoms with E-state index in [4.69, 9.17) is 0 Å². The molecule has 0 aromatic carbocycles. The van der Waals surface area contributed by atoms with Crippen LogP contribution in [0.3, 0.4) is 0 Å². The minimum atomic E-state index is -4.45. The topological polar surface area (TPSA) is 83.5 Å². The lowest BCUT2D eigenvalue weighted by Gasteiger charge is -2.10. The van der Waals surface area contributed by atoms with E-state index in [1.807, 2.05) is 0 Å². The van der Waals surface area contributed by atoms with Crippen molar-refractivity contribution in [2.24, 2.45) is 0 Å². The molecule has 0 N–H and O–H groups in total. The molecule has 0 aliphatic rings. The second kappa shape index (κ2) is 5.04. The summed E-state index contributed by atoms with van der Waals surface area (Å²) in [5, 5.41) is 18.3. The van der Waals surface area contributed by atoms with Gasteiger partial charge in [0.25, 0.3) is 0 Å². The smallest absolute Gasteiger partial charge is 0.335 e. The third-order valence-electron chi connectivity index (χ3n) is 3.22. The molecule has 0 radical (unpaired) electrons. The number of nitrogens with zero attached hydrogens (tertiary/aromatic N) is 7. The number of rotatable bonds is 3. The van der Waals surface area contributed by atoms with Gasteiger partial charge in [0.1, 0.15) is 0 Å². The fourth-order valence-electron chi connectivity index (χ4n) is 2.33. The number of fused-ring (bicyclic) bond motifs is 1. The Morgan fingerprint density at radius 3 is 2.68 bits per heavy atom. The third-order valence-corrected chi connectivity index (χ3v) is 3.22. The molecule has 10 heteroatoms. The number of pyridine rings is 1. The van der Waals surface area contributed by atoms with E-state index >= 15 is 0 Å². The van der Waals surface area contributed by atoms with Crippen LogP contribution >= 0.6 is 0 Å². The molecule has 0 bridgehead atoms. The van der Waals surface area contributed by atoms with E-state index in [1.54, 1.807) is 0 Å². The van der Waals surface area contributed by atoms with Crippen LogP contribution in [0.4, 0.5) is 13.2 Å².